The van der Waals surface area contributed by atoms with E-state index >= 15 is 0 Å². The maximum Gasteiger partial charge on any atom is 0.490 e. The van der Waals surface area contributed by atoms with Crippen LogP contribution in [-0.4, -0.2) is 51.9 Å². The summed E-state index contributed by atoms with van der Waals surface area (Å²) in [5.74, 6) is -2.81. The average molecular weight is 431 g/mol. The SMILES string of the molecule is Cc1ncsc1-c1ccc(CNC(=O)C2CC(O)CN2)cc1.O=C(O)C(F)(F)F. The third-order valence-corrected chi connectivity index (χ3v) is 5.07. The van der Waals surface area contributed by atoms with E-state index in [1.807, 2.05) is 24.6 Å². The van der Waals surface area contributed by atoms with E-state index in [0.717, 1.165) is 16.8 Å². The van der Waals surface area contributed by atoms with Gasteiger partial charge < -0.3 is 20.8 Å². The zero-order chi connectivity index (χ0) is 21.6. The molecule has 4 N–H and O–H groups in total. The first-order valence-corrected chi connectivity index (χ1v) is 9.44. The molecule has 1 fully saturated rings. The number of β-amino-alcohol motifs (C(OH)–C–C–N with tert-alkyl or cyclic N) is 1. The lowest BCUT2D eigenvalue weighted by atomic mass is 10.1. The van der Waals surface area contributed by atoms with Crippen LogP contribution in [-0.2, 0) is 16.1 Å². The minimum atomic E-state index is -5.08. The lowest BCUT2D eigenvalue weighted by Crippen LogP contribution is -2.39. The number of nitrogens with one attached hydrogen (secondary N) is 2. The standard InChI is InChI=1S/C16H19N3O2S.C2HF3O2/c1-10-15(22-9-19-10)12-4-2-11(3-5-12)7-18-16(21)14-6-13(20)8-17-14;3-2(4,5)1(6)7/h2-5,9,13-14,17,20H,6-8H2,1H3,(H,18,21);(H,6,7). The van der Waals surface area contributed by atoms with Crippen LogP contribution in [0.4, 0.5) is 13.2 Å². The molecule has 1 aliphatic rings. The smallest absolute Gasteiger partial charge is 0.475 e. The fraction of sp³-hybridized carbons (Fsp3) is 0.389. The molecule has 158 valence electrons. The quantitative estimate of drug-likeness (QED) is 0.590. The summed E-state index contributed by atoms with van der Waals surface area (Å²) >= 11 is 1.63. The molecule has 1 saturated heterocycles. The van der Waals surface area contributed by atoms with Crippen LogP contribution in [0.5, 0.6) is 0 Å². The highest BCUT2D eigenvalue weighted by Crippen LogP contribution is 2.27. The van der Waals surface area contributed by atoms with Crippen molar-refractivity contribution in [2.24, 2.45) is 0 Å². The van der Waals surface area contributed by atoms with Crippen molar-refractivity contribution in [2.45, 2.75) is 38.2 Å². The molecule has 1 aliphatic heterocycles. The van der Waals surface area contributed by atoms with Crippen molar-refractivity contribution in [3.8, 4) is 10.4 Å². The van der Waals surface area contributed by atoms with Crippen LogP contribution >= 0.6 is 11.3 Å². The summed E-state index contributed by atoms with van der Waals surface area (Å²) in [5.41, 5.74) is 5.09. The molecule has 11 heteroatoms. The predicted molar refractivity (Wildman–Crippen MR) is 100 cm³/mol. The number of aromatic nitrogens is 1. The van der Waals surface area contributed by atoms with Crippen LogP contribution in [0.1, 0.15) is 17.7 Å². The molecule has 1 aromatic carbocycles. The molecule has 2 aromatic rings. The summed E-state index contributed by atoms with van der Waals surface area (Å²) in [6.45, 7) is 2.99. The number of amides is 1. The molecule has 2 unspecified atom stereocenters. The number of carboxylic acid groups (broad SMARTS) is 1. The van der Waals surface area contributed by atoms with E-state index in [1.165, 1.54) is 4.88 Å². The van der Waals surface area contributed by atoms with Crippen LogP contribution in [0, 0.1) is 6.92 Å². The monoisotopic (exact) mass is 431 g/mol. The molecule has 1 aromatic heterocycles. The van der Waals surface area contributed by atoms with Gasteiger partial charge >= 0.3 is 12.1 Å². The number of aliphatic hydroxyl groups excluding tert-OH is 1. The van der Waals surface area contributed by atoms with Gasteiger partial charge in [-0.15, -0.1) is 11.3 Å². The fourth-order valence-electron chi connectivity index (χ4n) is 2.58. The third kappa shape index (κ3) is 6.80. The van der Waals surface area contributed by atoms with Gasteiger partial charge in [0.15, 0.2) is 0 Å². The van der Waals surface area contributed by atoms with E-state index in [2.05, 4.69) is 27.8 Å². The Hall–Kier alpha value is -2.50. The van der Waals surface area contributed by atoms with Gasteiger partial charge in [0, 0.05) is 13.1 Å². The molecule has 0 radical (unpaired) electrons. The van der Waals surface area contributed by atoms with Crippen LogP contribution in [0.2, 0.25) is 0 Å². The van der Waals surface area contributed by atoms with Gasteiger partial charge in [0.25, 0.3) is 0 Å². The van der Waals surface area contributed by atoms with Crippen LogP contribution in [0.25, 0.3) is 10.4 Å². The fourth-order valence-corrected chi connectivity index (χ4v) is 3.39. The van der Waals surface area contributed by atoms with E-state index in [4.69, 9.17) is 9.90 Å². The highest BCUT2D eigenvalue weighted by molar-refractivity contribution is 7.13. The zero-order valence-corrected chi connectivity index (χ0v) is 16.2. The van der Waals surface area contributed by atoms with E-state index in [-0.39, 0.29) is 11.9 Å². The number of carbonyl (C=O) groups is 2. The van der Waals surface area contributed by atoms with Crippen molar-refractivity contribution in [1.82, 2.24) is 15.6 Å². The van der Waals surface area contributed by atoms with Gasteiger partial charge in [-0.3, -0.25) is 4.79 Å². The first-order chi connectivity index (χ1) is 13.6. The van der Waals surface area contributed by atoms with Crippen molar-refractivity contribution in [3.05, 3.63) is 41.0 Å². The Morgan fingerprint density at radius 2 is 1.93 bits per heavy atom. The maximum atomic E-state index is 12.0. The van der Waals surface area contributed by atoms with Gasteiger partial charge in [-0.05, 0) is 24.5 Å². The Morgan fingerprint density at radius 1 is 1.31 bits per heavy atom. The van der Waals surface area contributed by atoms with Gasteiger partial charge in [-0.1, -0.05) is 24.3 Å². The number of carboxylic acids is 1. The second kappa shape index (κ2) is 9.81. The van der Waals surface area contributed by atoms with Crippen LogP contribution in [0.15, 0.2) is 29.8 Å². The summed E-state index contributed by atoms with van der Waals surface area (Å²) in [6.07, 6.45) is -5.02. The zero-order valence-electron chi connectivity index (χ0n) is 15.4. The Bertz CT molecular complexity index is 840. The van der Waals surface area contributed by atoms with E-state index in [0.29, 0.717) is 19.5 Å². The molecule has 0 saturated carbocycles. The second-order valence-corrected chi connectivity index (χ2v) is 7.19. The number of nitrogens with zero attached hydrogens (tertiary/aromatic N) is 1. The Labute approximate surface area is 168 Å². The lowest BCUT2D eigenvalue weighted by Gasteiger charge is -2.11. The van der Waals surface area contributed by atoms with Gasteiger partial charge in [0.2, 0.25) is 5.91 Å². The van der Waals surface area contributed by atoms with Crippen molar-refractivity contribution < 1.29 is 33.0 Å². The number of aliphatic hydroxyl groups is 1. The third-order valence-electron chi connectivity index (χ3n) is 4.10. The largest absolute Gasteiger partial charge is 0.490 e. The number of carbonyl (C=O) groups excluding carboxylic acids is 1. The molecular weight excluding hydrogens is 411 g/mol. The highest BCUT2D eigenvalue weighted by atomic mass is 32.1. The number of rotatable bonds is 4. The summed E-state index contributed by atoms with van der Waals surface area (Å²) in [4.78, 5) is 26.3. The molecule has 3 rings (SSSR count). The highest BCUT2D eigenvalue weighted by Gasteiger charge is 2.38. The minimum Gasteiger partial charge on any atom is -0.475 e. The molecule has 29 heavy (non-hydrogen) atoms. The summed E-state index contributed by atoms with van der Waals surface area (Å²) in [5, 5.41) is 22.5. The number of hydrogen-bond donors (Lipinski definition) is 4. The number of benzene rings is 1. The predicted octanol–water partition coefficient (Wildman–Crippen LogP) is 2.09. The van der Waals surface area contributed by atoms with Gasteiger partial charge in [-0.25, -0.2) is 9.78 Å². The molecule has 0 spiro atoms. The number of aryl methyl sites for hydroxylation is 1. The molecule has 2 heterocycles. The molecule has 2 atom stereocenters. The number of halogens is 3. The number of alkyl halides is 3. The first kappa shape index (κ1) is 22.8. The topological polar surface area (TPSA) is 112 Å². The normalized spacial score (nSPS) is 18.7. The van der Waals surface area contributed by atoms with Crippen molar-refractivity contribution in [2.75, 3.05) is 6.54 Å². The van der Waals surface area contributed by atoms with Gasteiger partial charge in [0.1, 0.15) is 0 Å². The van der Waals surface area contributed by atoms with Crippen molar-refractivity contribution in [3.63, 3.8) is 0 Å². The molecular formula is C18H20F3N3O4S. The van der Waals surface area contributed by atoms with E-state index in [9.17, 15) is 23.1 Å². The van der Waals surface area contributed by atoms with E-state index < -0.39 is 18.2 Å². The minimum absolute atomic E-state index is 0.0565. The van der Waals surface area contributed by atoms with E-state index in [1.54, 1.807) is 11.3 Å². The van der Waals surface area contributed by atoms with Gasteiger partial charge in [0.05, 0.1) is 28.2 Å². The Kier molecular flexibility index (Phi) is 7.71. The average Bonchev–Trinajstić information content (AvgIpc) is 3.28. The van der Waals surface area contributed by atoms with Crippen molar-refractivity contribution in [1.29, 1.82) is 0 Å². The summed E-state index contributed by atoms with van der Waals surface area (Å²) < 4.78 is 31.7. The number of aliphatic carboxylic acids is 1. The lowest BCUT2D eigenvalue weighted by molar-refractivity contribution is -0.192. The summed E-state index contributed by atoms with van der Waals surface area (Å²) in [6, 6.07) is 7.87. The second-order valence-electron chi connectivity index (χ2n) is 6.33. The number of thiazole rings is 1. The first-order valence-electron chi connectivity index (χ1n) is 8.56. The van der Waals surface area contributed by atoms with Crippen molar-refractivity contribution >= 4 is 23.2 Å². The molecule has 7 nitrogen and oxygen atoms in total. The maximum absolute atomic E-state index is 12.0. The van der Waals surface area contributed by atoms with Crippen LogP contribution < -0.4 is 10.6 Å². The Morgan fingerprint density at radius 3 is 2.38 bits per heavy atom. The van der Waals surface area contributed by atoms with Gasteiger partial charge in [-0.2, -0.15) is 13.2 Å². The van der Waals surface area contributed by atoms with Crippen LogP contribution in [0.3, 0.4) is 0 Å². The molecule has 0 aliphatic carbocycles. The number of hydrogen-bond acceptors (Lipinski definition) is 6. The molecule has 0 bridgehead atoms. The Balaban J connectivity index is 0.000000370. The molecule has 1 amide bonds. The summed E-state index contributed by atoms with van der Waals surface area (Å²) in [7, 11) is 0.